The lowest BCUT2D eigenvalue weighted by atomic mass is 9.77. The number of hydrogen-bond acceptors (Lipinski definition) is 4. The van der Waals surface area contributed by atoms with Crippen LogP contribution >= 0.6 is 11.3 Å². The second-order valence-electron chi connectivity index (χ2n) is 6.52. The van der Waals surface area contributed by atoms with Crippen molar-refractivity contribution in [3.8, 4) is 0 Å². The summed E-state index contributed by atoms with van der Waals surface area (Å²) in [4.78, 5) is 11.8. The third-order valence-electron chi connectivity index (χ3n) is 5.00. The standard InChI is InChI=1S/C17H21N3S/c1-13-18-9-15-3-6-17(16(15)19-13)5-2-7-20(12-17)10-14-4-8-21-11-14/h4,8-9,11H,2-3,5-7,10,12H2,1H3. The van der Waals surface area contributed by atoms with Crippen molar-refractivity contribution >= 4 is 11.3 Å². The highest BCUT2D eigenvalue weighted by Gasteiger charge is 2.43. The van der Waals surface area contributed by atoms with Crippen LogP contribution in [0.15, 0.2) is 23.0 Å². The predicted molar refractivity (Wildman–Crippen MR) is 85.6 cm³/mol. The largest absolute Gasteiger partial charge is 0.298 e. The number of piperidine rings is 1. The van der Waals surface area contributed by atoms with Gasteiger partial charge in [-0.1, -0.05) is 0 Å². The molecule has 1 aliphatic heterocycles. The van der Waals surface area contributed by atoms with E-state index in [1.807, 2.05) is 6.92 Å². The highest BCUT2D eigenvalue weighted by atomic mass is 32.1. The maximum Gasteiger partial charge on any atom is 0.125 e. The van der Waals surface area contributed by atoms with Crippen LogP contribution in [-0.2, 0) is 18.4 Å². The van der Waals surface area contributed by atoms with Crippen molar-refractivity contribution < 1.29 is 0 Å². The Bertz CT molecular complexity index is 633. The smallest absolute Gasteiger partial charge is 0.125 e. The molecule has 0 radical (unpaired) electrons. The van der Waals surface area contributed by atoms with Crippen molar-refractivity contribution in [3.63, 3.8) is 0 Å². The van der Waals surface area contributed by atoms with E-state index in [2.05, 4.69) is 32.9 Å². The third kappa shape index (κ3) is 2.40. The monoisotopic (exact) mass is 299 g/mol. The highest BCUT2D eigenvalue weighted by molar-refractivity contribution is 7.07. The second kappa shape index (κ2) is 5.18. The molecule has 0 bridgehead atoms. The van der Waals surface area contributed by atoms with E-state index in [0.717, 1.165) is 25.3 Å². The van der Waals surface area contributed by atoms with Gasteiger partial charge < -0.3 is 0 Å². The Morgan fingerprint density at radius 2 is 2.33 bits per heavy atom. The minimum absolute atomic E-state index is 0.289. The van der Waals surface area contributed by atoms with Gasteiger partial charge in [-0.3, -0.25) is 4.90 Å². The molecule has 4 rings (SSSR count). The summed E-state index contributed by atoms with van der Waals surface area (Å²) >= 11 is 1.80. The summed E-state index contributed by atoms with van der Waals surface area (Å²) in [5.41, 5.74) is 4.48. The molecule has 0 N–H and O–H groups in total. The highest BCUT2D eigenvalue weighted by Crippen LogP contribution is 2.44. The van der Waals surface area contributed by atoms with Crippen LogP contribution in [0.5, 0.6) is 0 Å². The number of nitrogens with zero attached hydrogens (tertiary/aromatic N) is 3. The summed E-state index contributed by atoms with van der Waals surface area (Å²) in [5, 5.41) is 4.45. The molecule has 110 valence electrons. The first-order valence-corrected chi connectivity index (χ1v) is 8.76. The fourth-order valence-electron chi connectivity index (χ4n) is 4.03. The van der Waals surface area contributed by atoms with Crippen molar-refractivity contribution in [1.29, 1.82) is 0 Å². The van der Waals surface area contributed by atoms with Gasteiger partial charge in [0.25, 0.3) is 0 Å². The molecule has 0 saturated carbocycles. The molecule has 1 aliphatic carbocycles. The lowest BCUT2D eigenvalue weighted by Crippen LogP contribution is -2.45. The van der Waals surface area contributed by atoms with Crippen molar-refractivity contribution in [2.75, 3.05) is 13.1 Å². The van der Waals surface area contributed by atoms with Gasteiger partial charge in [0.15, 0.2) is 0 Å². The average Bonchev–Trinajstić information content (AvgIpc) is 3.09. The zero-order valence-corrected chi connectivity index (χ0v) is 13.3. The molecule has 0 aromatic carbocycles. The van der Waals surface area contributed by atoms with E-state index >= 15 is 0 Å². The van der Waals surface area contributed by atoms with Gasteiger partial charge in [-0.15, -0.1) is 0 Å². The normalized spacial score (nSPS) is 25.4. The minimum Gasteiger partial charge on any atom is -0.298 e. The third-order valence-corrected chi connectivity index (χ3v) is 5.73. The molecular weight excluding hydrogens is 278 g/mol. The molecule has 2 aromatic rings. The summed E-state index contributed by atoms with van der Waals surface area (Å²) in [6.45, 7) is 5.48. The Labute approximate surface area is 130 Å². The molecule has 1 saturated heterocycles. The zero-order valence-electron chi connectivity index (χ0n) is 12.5. The topological polar surface area (TPSA) is 29.0 Å². The van der Waals surface area contributed by atoms with Gasteiger partial charge in [0.1, 0.15) is 5.82 Å². The van der Waals surface area contributed by atoms with E-state index in [0.29, 0.717) is 0 Å². The number of fused-ring (bicyclic) bond motifs is 2. The number of aromatic nitrogens is 2. The first kappa shape index (κ1) is 13.4. The number of aryl methyl sites for hydroxylation is 2. The molecule has 1 fully saturated rings. The molecule has 2 aromatic heterocycles. The van der Waals surface area contributed by atoms with Crippen LogP contribution < -0.4 is 0 Å². The summed E-state index contributed by atoms with van der Waals surface area (Å²) < 4.78 is 0. The van der Waals surface area contributed by atoms with E-state index in [1.165, 1.54) is 42.6 Å². The summed E-state index contributed by atoms with van der Waals surface area (Å²) in [7, 11) is 0. The van der Waals surface area contributed by atoms with Gasteiger partial charge in [0.2, 0.25) is 0 Å². The van der Waals surface area contributed by atoms with Gasteiger partial charge in [0, 0.05) is 24.7 Å². The predicted octanol–water partition coefficient (Wildman–Crippen LogP) is 3.33. The van der Waals surface area contributed by atoms with Gasteiger partial charge >= 0.3 is 0 Å². The molecule has 3 heterocycles. The quantitative estimate of drug-likeness (QED) is 0.852. The van der Waals surface area contributed by atoms with E-state index in [-0.39, 0.29) is 5.41 Å². The number of thiophene rings is 1. The van der Waals surface area contributed by atoms with Crippen molar-refractivity contribution in [3.05, 3.63) is 45.7 Å². The van der Waals surface area contributed by atoms with E-state index < -0.39 is 0 Å². The Kier molecular flexibility index (Phi) is 3.31. The Morgan fingerprint density at radius 3 is 3.19 bits per heavy atom. The molecule has 1 unspecified atom stereocenters. The number of likely N-dealkylation sites (tertiary alicyclic amines) is 1. The molecular formula is C17H21N3S. The molecule has 0 amide bonds. The first-order valence-electron chi connectivity index (χ1n) is 7.82. The maximum absolute atomic E-state index is 4.83. The van der Waals surface area contributed by atoms with Crippen LogP contribution in [0.4, 0.5) is 0 Å². The van der Waals surface area contributed by atoms with Gasteiger partial charge in [-0.25, -0.2) is 9.97 Å². The van der Waals surface area contributed by atoms with Crippen molar-refractivity contribution in [2.45, 2.75) is 44.6 Å². The summed E-state index contributed by atoms with van der Waals surface area (Å²) in [6, 6.07) is 2.25. The van der Waals surface area contributed by atoms with Crippen molar-refractivity contribution in [1.82, 2.24) is 14.9 Å². The van der Waals surface area contributed by atoms with Crippen molar-refractivity contribution in [2.24, 2.45) is 0 Å². The Hall–Kier alpha value is -1.26. The minimum atomic E-state index is 0.289. The summed E-state index contributed by atoms with van der Waals surface area (Å²) in [6.07, 6.45) is 7.04. The summed E-state index contributed by atoms with van der Waals surface area (Å²) in [5.74, 6) is 0.921. The zero-order chi connectivity index (χ0) is 14.3. The van der Waals surface area contributed by atoms with Crippen LogP contribution in [0.2, 0.25) is 0 Å². The van der Waals surface area contributed by atoms with Crippen LogP contribution in [0.25, 0.3) is 0 Å². The fourth-order valence-corrected chi connectivity index (χ4v) is 4.69. The SMILES string of the molecule is Cc1ncc2c(n1)C1(CCCN(Cc3ccsc3)C1)CC2. The molecule has 3 nitrogen and oxygen atoms in total. The molecule has 21 heavy (non-hydrogen) atoms. The van der Waals surface area contributed by atoms with Gasteiger partial charge in [-0.05, 0) is 67.1 Å². The average molecular weight is 299 g/mol. The fraction of sp³-hybridized carbons (Fsp3) is 0.529. The van der Waals surface area contributed by atoms with Gasteiger partial charge in [0.05, 0.1) is 5.69 Å². The van der Waals surface area contributed by atoms with Crippen LogP contribution in [0.3, 0.4) is 0 Å². The molecule has 1 spiro atoms. The lowest BCUT2D eigenvalue weighted by Gasteiger charge is -2.40. The Morgan fingerprint density at radius 1 is 1.38 bits per heavy atom. The molecule has 4 heteroatoms. The number of rotatable bonds is 2. The number of hydrogen-bond donors (Lipinski definition) is 0. The van der Waals surface area contributed by atoms with Gasteiger partial charge in [-0.2, -0.15) is 11.3 Å². The Balaban J connectivity index is 1.60. The molecule has 2 aliphatic rings. The second-order valence-corrected chi connectivity index (χ2v) is 7.30. The van der Waals surface area contributed by atoms with E-state index in [4.69, 9.17) is 4.98 Å². The van der Waals surface area contributed by atoms with E-state index in [9.17, 15) is 0 Å². The lowest BCUT2D eigenvalue weighted by molar-refractivity contribution is 0.137. The van der Waals surface area contributed by atoms with Crippen LogP contribution in [-0.4, -0.2) is 28.0 Å². The first-order chi connectivity index (χ1) is 10.3. The van der Waals surface area contributed by atoms with Crippen LogP contribution in [0, 0.1) is 6.92 Å². The molecule has 1 atom stereocenters. The van der Waals surface area contributed by atoms with E-state index in [1.54, 1.807) is 11.3 Å². The van der Waals surface area contributed by atoms with Crippen LogP contribution in [0.1, 0.15) is 41.9 Å². The maximum atomic E-state index is 4.83.